The molecule has 0 amide bonds. The van der Waals surface area contributed by atoms with Crippen molar-refractivity contribution < 1.29 is 78.7 Å². The van der Waals surface area contributed by atoms with Crippen molar-refractivity contribution in [1.82, 2.24) is 20.3 Å². The Hall–Kier alpha value is -6.66. The third kappa shape index (κ3) is 10.3. The SMILES string of the molecule is Cc1cc(C)cc(-c2c3[nH]ccc3cn2OC2C(Oc3ccc4c(=O)c(-c5ccc(O)cc5)coc4c3)OC(C(NCC(C)O)OC(=O)C(NCCC=O)C(=O)O)C(O)(CO)C2(O)C(O)CCCO)c1. The van der Waals surface area contributed by atoms with E-state index in [0.717, 1.165) is 11.1 Å². The summed E-state index contributed by atoms with van der Waals surface area (Å²) in [4.78, 5) is 60.8. The first-order chi connectivity index (χ1) is 33.4. The van der Waals surface area contributed by atoms with Crippen molar-refractivity contribution in [3.63, 3.8) is 0 Å². The van der Waals surface area contributed by atoms with Crippen LogP contribution in [-0.4, -0.2) is 149 Å². The number of fused-ring (bicyclic) bond motifs is 2. The number of aromatic nitrogens is 2. The number of aliphatic hydroxyl groups excluding tert-OH is 4. The third-order valence-electron chi connectivity index (χ3n) is 12.1. The second-order valence-corrected chi connectivity index (χ2v) is 17.3. The maximum absolute atomic E-state index is 13.8. The number of phenolic OH excluding ortho intramolecular Hbond substituents is 1. The van der Waals surface area contributed by atoms with Gasteiger partial charge in [-0.25, -0.2) is 9.59 Å². The second kappa shape index (κ2) is 21.5. The number of benzene rings is 3. The number of aromatic hydroxyl groups is 1. The normalized spacial score (nSPS) is 22.0. The molecule has 3 aromatic carbocycles. The lowest BCUT2D eigenvalue weighted by molar-refractivity contribution is -0.388. The molecule has 9 unspecified atom stereocenters. The van der Waals surface area contributed by atoms with E-state index in [2.05, 4.69) is 15.6 Å². The molecule has 3 aromatic heterocycles. The molecule has 0 spiro atoms. The minimum atomic E-state index is -3.18. The van der Waals surface area contributed by atoms with Gasteiger partial charge >= 0.3 is 11.9 Å². The monoisotopic (exact) mass is 972 g/mol. The Kier molecular flexibility index (Phi) is 15.8. The second-order valence-electron chi connectivity index (χ2n) is 17.3. The van der Waals surface area contributed by atoms with Crippen LogP contribution in [0, 0.1) is 13.8 Å². The van der Waals surface area contributed by atoms with Crippen molar-refractivity contribution in [3.05, 3.63) is 107 Å². The highest BCUT2D eigenvalue weighted by Crippen LogP contribution is 2.45. The van der Waals surface area contributed by atoms with Crippen molar-refractivity contribution >= 4 is 40.1 Å². The van der Waals surface area contributed by atoms with Gasteiger partial charge in [-0.1, -0.05) is 29.3 Å². The number of ether oxygens (including phenoxy) is 3. The number of aliphatic hydroxyl groups is 6. The topological polar surface area (TPSA) is 325 Å². The minimum Gasteiger partial charge on any atom is -0.508 e. The van der Waals surface area contributed by atoms with Crippen LogP contribution in [-0.2, 0) is 23.9 Å². The van der Waals surface area contributed by atoms with Crippen LogP contribution in [0.4, 0.5) is 0 Å². The lowest BCUT2D eigenvalue weighted by Gasteiger charge is -2.57. The number of carbonyl (C=O) groups excluding carboxylic acids is 2. The third-order valence-corrected chi connectivity index (χ3v) is 12.1. The van der Waals surface area contributed by atoms with E-state index >= 15 is 0 Å². The average molecular weight is 973 g/mol. The van der Waals surface area contributed by atoms with E-state index < -0.39 is 97.7 Å². The Morgan fingerprint density at radius 2 is 1.71 bits per heavy atom. The number of carboxylic acids is 1. The van der Waals surface area contributed by atoms with Crippen molar-refractivity contribution in [1.29, 1.82) is 0 Å². The molecule has 0 aliphatic carbocycles. The van der Waals surface area contributed by atoms with Gasteiger partial charge in [-0.2, -0.15) is 4.73 Å². The number of aryl methyl sites for hydroxylation is 2. The van der Waals surface area contributed by atoms with Gasteiger partial charge in [0.05, 0.1) is 41.5 Å². The summed E-state index contributed by atoms with van der Waals surface area (Å²) in [6.45, 7) is 2.45. The van der Waals surface area contributed by atoms with Gasteiger partial charge in [0.2, 0.25) is 18.4 Å². The van der Waals surface area contributed by atoms with Crippen molar-refractivity contribution in [2.24, 2.45) is 0 Å². The number of nitrogens with zero attached hydrogens (tertiary/aromatic N) is 1. The predicted octanol–water partition coefficient (Wildman–Crippen LogP) is 1.39. The maximum atomic E-state index is 13.8. The van der Waals surface area contributed by atoms with Crippen LogP contribution >= 0.6 is 0 Å². The lowest BCUT2D eigenvalue weighted by atomic mass is 9.68. The highest BCUT2D eigenvalue weighted by Gasteiger charge is 2.72. The molecule has 21 heteroatoms. The Morgan fingerprint density at radius 3 is 2.37 bits per heavy atom. The summed E-state index contributed by atoms with van der Waals surface area (Å²) in [6.07, 6.45) is -7.67. The molecule has 4 heterocycles. The van der Waals surface area contributed by atoms with E-state index in [4.69, 9.17) is 23.5 Å². The molecule has 70 heavy (non-hydrogen) atoms. The first-order valence-electron chi connectivity index (χ1n) is 22.4. The number of hydrogen-bond donors (Lipinski definition) is 11. The lowest BCUT2D eigenvalue weighted by Crippen LogP contribution is -2.83. The molecule has 1 aliphatic heterocycles. The molecule has 0 bridgehead atoms. The standard InChI is InChI=1S/C49H56N4O17/c1-26-18-27(2)20-31(19-26)40-38-30(13-15-51-38)23-53(40)70-43-47(67-33-11-12-34-36(21-33)66-24-35(41(34)60)29-7-9-32(58)10-8-29)68-42(48(64,25-56)49(43,65)37(59)6-4-16-54)44(52-22-28(3)57)69-46(63)39(45(61)62)50-14-5-17-55/h7-13,15,17-21,23-24,28,37,39,42-44,47,50-52,54,56-59,64-65H,4-6,14,16,22,25H2,1-3H3,(H,61,62). The number of aldehydes is 1. The number of carbonyl (C=O) groups is 3. The number of esters is 1. The van der Waals surface area contributed by atoms with Gasteiger partial charge in [-0.3, -0.25) is 15.4 Å². The molecule has 11 N–H and O–H groups in total. The molecule has 0 radical (unpaired) electrons. The van der Waals surface area contributed by atoms with Crippen LogP contribution < -0.4 is 25.6 Å². The Balaban J connectivity index is 1.41. The first-order valence-corrected chi connectivity index (χ1v) is 22.4. The summed E-state index contributed by atoms with van der Waals surface area (Å²) in [7, 11) is 0. The van der Waals surface area contributed by atoms with E-state index in [0.29, 0.717) is 34.0 Å². The quantitative estimate of drug-likeness (QED) is 0.0151. The van der Waals surface area contributed by atoms with Gasteiger partial charge in [-0.05, 0) is 81.6 Å². The largest absolute Gasteiger partial charge is 0.508 e. The van der Waals surface area contributed by atoms with Crippen LogP contribution in [0.15, 0.2) is 94.6 Å². The van der Waals surface area contributed by atoms with Crippen LogP contribution in [0.3, 0.4) is 0 Å². The molecule has 1 saturated heterocycles. The predicted molar refractivity (Wildman–Crippen MR) is 249 cm³/mol. The fourth-order valence-corrected chi connectivity index (χ4v) is 8.74. The van der Waals surface area contributed by atoms with Crippen LogP contribution in [0.25, 0.3) is 44.3 Å². The Labute approximate surface area is 399 Å². The number of phenols is 1. The smallest absolute Gasteiger partial charge is 0.336 e. The fraction of sp³-hybridized carbons (Fsp3) is 0.388. The number of rotatable bonds is 22. The number of carboxylic acid groups (broad SMARTS) is 1. The van der Waals surface area contributed by atoms with Gasteiger partial charge in [-0.15, -0.1) is 0 Å². The zero-order valence-corrected chi connectivity index (χ0v) is 38.4. The molecule has 374 valence electrons. The summed E-state index contributed by atoms with van der Waals surface area (Å²) in [6, 6.07) is 15.3. The van der Waals surface area contributed by atoms with E-state index in [1.807, 2.05) is 32.0 Å². The van der Waals surface area contributed by atoms with Crippen molar-refractivity contribution in [2.75, 3.05) is 26.3 Å². The molecule has 9 atom stereocenters. The van der Waals surface area contributed by atoms with E-state index in [1.54, 1.807) is 18.5 Å². The molecule has 0 saturated carbocycles. The zero-order valence-electron chi connectivity index (χ0n) is 38.4. The number of aliphatic carboxylic acids is 1. The summed E-state index contributed by atoms with van der Waals surface area (Å²) in [5.41, 5.74) is -2.80. The Morgan fingerprint density at radius 1 is 0.986 bits per heavy atom. The first kappa shape index (κ1) is 51.2. The van der Waals surface area contributed by atoms with Gasteiger partial charge in [0, 0.05) is 49.3 Å². The van der Waals surface area contributed by atoms with Crippen molar-refractivity contribution in [2.45, 2.75) is 94.2 Å². The van der Waals surface area contributed by atoms with Gasteiger partial charge < -0.3 is 74.1 Å². The number of H-pyrrole nitrogens is 1. The molecule has 7 rings (SSSR count). The number of nitrogens with one attached hydrogen (secondary N) is 3. The van der Waals surface area contributed by atoms with Crippen LogP contribution in [0.5, 0.6) is 11.5 Å². The van der Waals surface area contributed by atoms with Crippen LogP contribution in [0.2, 0.25) is 0 Å². The summed E-state index contributed by atoms with van der Waals surface area (Å²) < 4.78 is 25.8. The molecule has 6 aromatic rings. The fourth-order valence-electron chi connectivity index (χ4n) is 8.74. The van der Waals surface area contributed by atoms with Crippen LogP contribution in [0.1, 0.15) is 37.3 Å². The molecular formula is C49H56N4O17. The zero-order chi connectivity index (χ0) is 50.5. The van der Waals surface area contributed by atoms with Gasteiger partial charge in [0.1, 0.15) is 41.4 Å². The highest BCUT2D eigenvalue weighted by molar-refractivity contribution is 5.98. The summed E-state index contributed by atoms with van der Waals surface area (Å²) in [5.74, 6) is -3.35. The number of aromatic amines is 1. The minimum absolute atomic E-state index is 0.00367. The average Bonchev–Trinajstić information content (AvgIpc) is 3.92. The summed E-state index contributed by atoms with van der Waals surface area (Å²) in [5, 5.41) is 95.9. The molecule has 1 fully saturated rings. The van der Waals surface area contributed by atoms with Gasteiger partial charge in [0.25, 0.3) is 0 Å². The maximum Gasteiger partial charge on any atom is 0.336 e. The molecule has 1 aliphatic rings. The van der Waals surface area contributed by atoms with Gasteiger partial charge in [0.15, 0.2) is 22.9 Å². The molecular weight excluding hydrogens is 917 g/mol. The Bertz CT molecular complexity index is 2840. The van der Waals surface area contributed by atoms with Crippen molar-refractivity contribution in [3.8, 4) is 33.9 Å². The summed E-state index contributed by atoms with van der Waals surface area (Å²) >= 11 is 0. The highest BCUT2D eigenvalue weighted by atomic mass is 16.8. The molecule has 21 nitrogen and oxygen atoms in total. The number of hydrogen-bond acceptors (Lipinski definition) is 18. The van der Waals surface area contributed by atoms with E-state index in [9.17, 15) is 60.0 Å². The van der Waals surface area contributed by atoms with E-state index in [-0.39, 0.29) is 47.4 Å². The van der Waals surface area contributed by atoms with E-state index in [1.165, 1.54) is 60.4 Å².